The number of carbonyl (C=O) groups is 2. The molecule has 0 spiro atoms. The predicted molar refractivity (Wildman–Crippen MR) is 179 cm³/mol. The topological polar surface area (TPSA) is 111 Å². The number of amides is 2. The summed E-state index contributed by atoms with van der Waals surface area (Å²) < 4.78 is 0. The van der Waals surface area contributed by atoms with Crippen LogP contribution < -0.4 is 10.6 Å². The Morgan fingerprint density at radius 3 is 2.60 bits per heavy atom. The quantitative estimate of drug-likeness (QED) is 0.333. The summed E-state index contributed by atoms with van der Waals surface area (Å²) in [5.41, 5.74) is 4.94. The monoisotopic (exact) mass is 632 g/mol. The van der Waals surface area contributed by atoms with Gasteiger partial charge in [0.15, 0.2) is 5.01 Å². The molecule has 10 heteroatoms. The number of aromatic nitrogens is 2. The average Bonchev–Trinajstić information content (AvgIpc) is 3.63. The van der Waals surface area contributed by atoms with E-state index in [1.54, 1.807) is 0 Å². The molecule has 2 saturated heterocycles. The number of likely N-dealkylation sites (tertiary alicyclic amines) is 2. The molecule has 3 N–H and O–H groups in total. The number of likely N-dealkylation sites (N-methyl/N-ethyl adjacent to an activating group) is 1. The number of benzene rings is 1. The van der Waals surface area contributed by atoms with Gasteiger partial charge < -0.3 is 25.5 Å². The molecule has 2 aliphatic heterocycles. The summed E-state index contributed by atoms with van der Waals surface area (Å²) in [6.07, 6.45) is 6.03. The number of carbonyl (C=O) groups excluding carboxylic acids is 2. The van der Waals surface area contributed by atoms with Crippen LogP contribution in [0.1, 0.15) is 95.9 Å². The number of aliphatic hydroxyl groups excluding tert-OH is 1. The Kier molecular flexibility index (Phi) is 9.57. The van der Waals surface area contributed by atoms with Gasteiger partial charge in [0.05, 0.1) is 12.1 Å². The van der Waals surface area contributed by atoms with Gasteiger partial charge in [0.2, 0.25) is 0 Å². The molecule has 242 valence electrons. The van der Waals surface area contributed by atoms with Gasteiger partial charge in [0.1, 0.15) is 10.3 Å². The second-order valence-electron chi connectivity index (χ2n) is 14.5. The van der Waals surface area contributed by atoms with Gasteiger partial charge in [-0.3, -0.25) is 9.59 Å². The van der Waals surface area contributed by atoms with Crippen LogP contribution in [-0.4, -0.2) is 88.6 Å². The van der Waals surface area contributed by atoms with Crippen molar-refractivity contribution in [3.05, 3.63) is 57.7 Å². The highest BCUT2D eigenvalue weighted by Gasteiger charge is 2.30. The smallest absolute Gasteiger partial charge is 0.280 e. The number of rotatable bonds is 8. The van der Waals surface area contributed by atoms with E-state index in [4.69, 9.17) is 9.97 Å². The lowest BCUT2D eigenvalue weighted by atomic mass is 9.71. The summed E-state index contributed by atoms with van der Waals surface area (Å²) in [6, 6.07) is 9.65. The zero-order valence-electron chi connectivity index (χ0n) is 27.1. The van der Waals surface area contributed by atoms with Crippen molar-refractivity contribution in [2.45, 2.75) is 83.9 Å². The van der Waals surface area contributed by atoms with Crippen molar-refractivity contribution in [2.75, 3.05) is 39.8 Å². The Bertz CT molecular complexity index is 1530. The fourth-order valence-corrected chi connectivity index (χ4v) is 7.91. The summed E-state index contributed by atoms with van der Waals surface area (Å²) in [7, 11) is 2.07. The molecule has 9 nitrogen and oxygen atoms in total. The van der Waals surface area contributed by atoms with Crippen LogP contribution in [0.2, 0.25) is 0 Å². The predicted octanol–water partition coefficient (Wildman–Crippen LogP) is 4.59. The van der Waals surface area contributed by atoms with Gasteiger partial charge in [-0.25, -0.2) is 9.97 Å². The SMILES string of the molecule is CN1CC[C@H](NC(=O)c2cccc([C@@H](CCN3CCC(O)CC3)NC(=O)c3nc4cc5c(nc4s3)CC[C@H](C(C)(C)C)C5)c2)C1. The number of nitrogens with zero attached hydrogens (tertiary/aromatic N) is 4. The van der Waals surface area contributed by atoms with Crippen LogP contribution in [-0.2, 0) is 12.8 Å². The second-order valence-corrected chi connectivity index (χ2v) is 15.5. The molecule has 2 aromatic heterocycles. The first-order valence-corrected chi connectivity index (χ1v) is 17.4. The molecular formula is C35H48N6O3S. The maximum absolute atomic E-state index is 13.8. The van der Waals surface area contributed by atoms with Crippen LogP contribution in [0.4, 0.5) is 0 Å². The van der Waals surface area contributed by atoms with E-state index in [0.29, 0.717) is 22.9 Å². The minimum atomic E-state index is -0.296. The van der Waals surface area contributed by atoms with Gasteiger partial charge in [-0.05, 0) is 99.2 Å². The first kappa shape index (κ1) is 32.0. The Balaban J connectivity index is 1.20. The molecule has 0 radical (unpaired) electrons. The zero-order chi connectivity index (χ0) is 31.7. The van der Waals surface area contributed by atoms with Crippen molar-refractivity contribution < 1.29 is 14.7 Å². The van der Waals surface area contributed by atoms with E-state index in [0.717, 1.165) is 92.9 Å². The fraction of sp³-hybridized carbons (Fsp3) is 0.600. The molecule has 45 heavy (non-hydrogen) atoms. The minimum absolute atomic E-state index is 0.0813. The molecule has 1 aliphatic carbocycles. The minimum Gasteiger partial charge on any atom is -0.393 e. The van der Waals surface area contributed by atoms with Gasteiger partial charge in [-0.1, -0.05) is 44.2 Å². The van der Waals surface area contributed by atoms with Crippen LogP contribution >= 0.6 is 11.3 Å². The third-order valence-electron chi connectivity index (χ3n) is 10.0. The highest BCUT2D eigenvalue weighted by Crippen LogP contribution is 2.38. The molecule has 3 aromatic rings. The van der Waals surface area contributed by atoms with Crippen molar-refractivity contribution in [3.63, 3.8) is 0 Å². The van der Waals surface area contributed by atoms with E-state index in [9.17, 15) is 14.7 Å². The lowest BCUT2D eigenvalue weighted by Crippen LogP contribution is -2.38. The highest BCUT2D eigenvalue weighted by atomic mass is 32.1. The number of aryl methyl sites for hydroxylation is 1. The summed E-state index contributed by atoms with van der Waals surface area (Å²) in [5, 5.41) is 16.8. The van der Waals surface area contributed by atoms with Gasteiger partial charge >= 0.3 is 0 Å². The molecule has 4 heterocycles. The standard InChI is InChI=1S/C35H48N6O3S/c1-35(2,3)25-8-9-28-24(19-25)20-30-33(38-28)45-34(39-30)32(44)37-29(13-17-41-15-11-27(42)12-16-41)22-6-5-7-23(18-22)31(43)36-26-10-14-40(4)21-26/h5-7,18,20,25-27,29,42H,8-17,19,21H2,1-4H3,(H,36,43)(H,37,44)/t25-,26-,29+/m0/s1. The Labute approximate surface area is 270 Å². The number of piperidine rings is 1. The molecule has 3 aliphatic rings. The lowest BCUT2D eigenvalue weighted by molar-refractivity contribution is 0.0795. The van der Waals surface area contributed by atoms with Crippen LogP contribution in [0.3, 0.4) is 0 Å². The summed E-state index contributed by atoms with van der Waals surface area (Å²) in [6.45, 7) is 11.2. The van der Waals surface area contributed by atoms with Crippen molar-refractivity contribution in [2.24, 2.45) is 11.3 Å². The number of thiazole rings is 1. The van der Waals surface area contributed by atoms with Crippen LogP contribution in [0.15, 0.2) is 30.3 Å². The number of pyridine rings is 1. The largest absolute Gasteiger partial charge is 0.393 e. The molecule has 0 bridgehead atoms. The second kappa shape index (κ2) is 13.4. The summed E-state index contributed by atoms with van der Waals surface area (Å²) >= 11 is 1.35. The Hall–Kier alpha value is -2.92. The molecular weight excluding hydrogens is 584 g/mol. The maximum Gasteiger partial charge on any atom is 0.280 e. The van der Waals surface area contributed by atoms with E-state index in [1.165, 1.54) is 16.9 Å². The number of hydrogen-bond donors (Lipinski definition) is 3. The van der Waals surface area contributed by atoms with Crippen LogP contribution in [0, 0.1) is 11.3 Å². The fourth-order valence-electron chi connectivity index (χ4n) is 7.06. The van der Waals surface area contributed by atoms with Gasteiger partial charge in [-0.2, -0.15) is 0 Å². The van der Waals surface area contributed by atoms with Gasteiger partial charge in [-0.15, -0.1) is 0 Å². The van der Waals surface area contributed by atoms with Crippen molar-refractivity contribution >= 4 is 33.5 Å². The van der Waals surface area contributed by atoms with Gasteiger partial charge in [0.25, 0.3) is 11.8 Å². The Morgan fingerprint density at radius 1 is 1.07 bits per heavy atom. The van der Waals surface area contributed by atoms with Crippen molar-refractivity contribution in [1.29, 1.82) is 0 Å². The van der Waals surface area contributed by atoms with Crippen molar-refractivity contribution in [3.8, 4) is 0 Å². The molecule has 0 saturated carbocycles. The Morgan fingerprint density at radius 2 is 1.87 bits per heavy atom. The van der Waals surface area contributed by atoms with E-state index >= 15 is 0 Å². The average molecular weight is 633 g/mol. The molecule has 3 atom stereocenters. The van der Waals surface area contributed by atoms with Gasteiger partial charge in [0, 0.05) is 43.5 Å². The first-order valence-electron chi connectivity index (χ1n) is 16.6. The van der Waals surface area contributed by atoms with E-state index in [-0.39, 0.29) is 35.4 Å². The number of nitrogens with one attached hydrogen (secondary N) is 2. The molecule has 1 aromatic carbocycles. The number of fused-ring (bicyclic) bond motifs is 2. The van der Waals surface area contributed by atoms with E-state index in [2.05, 4.69) is 54.3 Å². The summed E-state index contributed by atoms with van der Waals surface area (Å²) in [5.74, 6) is 0.306. The van der Waals surface area contributed by atoms with E-state index in [1.807, 2.05) is 24.3 Å². The van der Waals surface area contributed by atoms with E-state index < -0.39 is 0 Å². The molecule has 0 unspecified atom stereocenters. The lowest BCUT2D eigenvalue weighted by Gasteiger charge is -2.34. The molecule has 6 rings (SSSR count). The van der Waals surface area contributed by atoms with Crippen LogP contribution in [0.25, 0.3) is 10.3 Å². The van der Waals surface area contributed by atoms with Crippen LogP contribution in [0.5, 0.6) is 0 Å². The third-order valence-corrected chi connectivity index (χ3v) is 11.0. The normalized spacial score (nSPS) is 22.3. The summed E-state index contributed by atoms with van der Waals surface area (Å²) in [4.78, 5) is 42.0. The number of hydrogen-bond acceptors (Lipinski definition) is 8. The zero-order valence-corrected chi connectivity index (χ0v) is 28.0. The first-order chi connectivity index (χ1) is 21.5. The highest BCUT2D eigenvalue weighted by molar-refractivity contribution is 7.19. The maximum atomic E-state index is 13.8. The third kappa shape index (κ3) is 7.73. The molecule has 2 amide bonds. The number of aliphatic hydroxyl groups is 1. The molecule has 2 fully saturated rings. The van der Waals surface area contributed by atoms with Crippen molar-refractivity contribution in [1.82, 2.24) is 30.4 Å².